The first-order valence-corrected chi connectivity index (χ1v) is 5.17. The Balaban J connectivity index is 3.39. The lowest BCUT2D eigenvalue weighted by molar-refractivity contribution is 0.0633. The summed E-state index contributed by atoms with van der Waals surface area (Å²) in [5, 5.41) is 9.96. The molecule has 1 aromatic rings. The molecule has 0 saturated carbocycles. The zero-order valence-electron chi connectivity index (χ0n) is 8.55. The number of aliphatic hydroxyl groups is 1. The van der Waals surface area contributed by atoms with Gasteiger partial charge >= 0.3 is 0 Å². The first kappa shape index (κ1) is 12.4. The number of rotatable bonds is 3. The Morgan fingerprint density at radius 2 is 2.20 bits per heavy atom. The zero-order chi connectivity index (χ0) is 11.6. The van der Waals surface area contributed by atoms with Crippen LogP contribution < -0.4 is 10.5 Å². The molecule has 0 aromatic heterocycles. The lowest BCUT2D eigenvalue weighted by Crippen LogP contribution is -2.32. The van der Waals surface area contributed by atoms with E-state index in [9.17, 15) is 9.50 Å². The molecule has 0 aliphatic heterocycles. The summed E-state index contributed by atoms with van der Waals surface area (Å²) >= 11 is 3.15. The summed E-state index contributed by atoms with van der Waals surface area (Å²) < 4.78 is 18.9. The van der Waals surface area contributed by atoms with Crippen LogP contribution in [0.2, 0.25) is 0 Å². The Labute approximate surface area is 96.2 Å². The van der Waals surface area contributed by atoms with Gasteiger partial charge in [0.05, 0.1) is 7.11 Å². The van der Waals surface area contributed by atoms with Crippen molar-refractivity contribution >= 4 is 15.9 Å². The van der Waals surface area contributed by atoms with Crippen LogP contribution in [-0.4, -0.2) is 18.8 Å². The number of benzene rings is 1. The highest BCUT2D eigenvalue weighted by Crippen LogP contribution is 2.34. The molecule has 0 saturated heterocycles. The molecule has 0 fully saturated rings. The summed E-state index contributed by atoms with van der Waals surface area (Å²) in [6, 6.07) is 2.86. The third kappa shape index (κ3) is 2.48. The fourth-order valence-corrected chi connectivity index (χ4v) is 1.71. The summed E-state index contributed by atoms with van der Waals surface area (Å²) in [7, 11) is 1.35. The van der Waals surface area contributed by atoms with E-state index in [0.717, 1.165) is 0 Å². The molecule has 1 rings (SSSR count). The molecular formula is C10H13BrFNO2. The summed E-state index contributed by atoms with van der Waals surface area (Å²) in [5.41, 5.74) is 4.44. The monoisotopic (exact) mass is 277 g/mol. The lowest BCUT2D eigenvalue weighted by atomic mass is 9.95. The molecule has 5 heteroatoms. The van der Waals surface area contributed by atoms with Gasteiger partial charge < -0.3 is 15.6 Å². The highest BCUT2D eigenvalue weighted by Gasteiger charge is 2.27. The molecule has 1 aromatic carbocycles. The molecule has 3 nitrogen and oxygen atoms in total. The highest BCUT2D eigenvalue weighted by molar-refractivity contribution is 9.10. The zero-order valence-corrected chi connectivity index (χ0v) is 10.1. The minimum Gasteiger partial charge on any atom is -0.493 e. The van der Waals surface area contributed by atoms with E-state index in [-0.39, 0.29) is 12.3 Å². The first-order chi connectivity index (χ1) is 6.92. The molecule has 0 spiro atoms. The van der Waals surface area contributed by atoms with E-state index in [1.807, 2.05) is 0 Å². The van der Waals surface area contributed by atoms with E-state index in [1.54, 1.807) is 6.07 Å². The minimum absolute atomic E-state index is 0.0146. The van der Waals surface area contributed by atoms with E-state index in [1.165, 1.54) is 20.1 Å². The molecule has 0 heterocycles. The van der Waals surface area contributed by atoms with Crippen molar-refractivity contribution in [3.63, 3.8) is 0 Å². The smallest absolute Gasteiger partial charge is 0.166 e. The molecular weight excluding hydrogens is 265 g/mol. The van der Waals surface area contributed by atoms with Gasteiger partial charge in [-0.1, -0.05) is 15.9 Å². The van der Waals surface area contributed by atoms with Gasteiger partial charge in [-0.2, -0.15) is 0 Å². The molecule has 1 unspecified atom stereocenters. The van der Waals surface area contributed by atoms with Crippen molar-refractivity contribution in [2.45, 2.75) is 12.5 Å². The minimum atomic E-state index is -1.31. The Morgan fingerprint density at radius 3 is 2.67 bits per heavy atom. The molecule has 15 heavy (non-hydrogen) atoms. The average molecular weight is 278 g/mol. The maximum absolute atomic E-state index is 13.5. The van der Waals surface area contributed by atoms with Crippen LogP contribution in [0.25, 0.3) is 0 Å². The number of nitrogens with two attached hydrogens (primary N) is 1. The highest BCUT2D eigenvalue weighted by atomic mass is 79.9. The van der Waals surface area contributed by atoms with Crippen molar-refractivity contribution in [3.05, 3.63) is 28.0 Å². The fraction of sp³-hybridized carbons (Fsp3) is 0.400. The largest absolute Gasteiger partial charge is 0.493 e. The van der Waals surface area contributed by atoms with Gasteiger partial charge in [0.2, 0.25) is 0 Å². The third-order valence-electron chi connectivity index (χ3n) is 2.19. The number of hydrogen-bond acceptors (Lipinski definition) is 3. The predicted molar refractivity (Wildman–Crippen MR) is 59.3 cm³/mol. The summed E-state index contributed by atoms with van der Waals surface area (Å²) in [4.78, 5) is 0. The topological polar surface area (TPSA) is 55.5 Å². The van der Waals surface area contributed by atoms with Gasteiger partial charge in [-0.25, -0.2) is 4.39 Å². The Morgan fingerprint density at radius 1 is 1.60 bits per heavy atom. The van der Waals surface area contributed by atoms with Crippen LogP contribution in [-0.2, 0) is 5.60 Å². The van der Waals surface area contributed by atoms with Crippen molar-refractivity contribution in [2.75, 3.05) is 13.7 Å². The second-order valence-electron chi connectivity index (χ2n) is 3.45. The number of halogens is 2. The van der Waals surface area contributed by atoms with Gasteiger partial charge in [0.1, 0.15) is 5.60 Å². The van der Waals surface area contributed by atoms with E-state index in [0.29, 0.717) is 10.0 Å². The Kier molecular flexibility index (Phi) is 3.70. The Bertz CT molecular complexity index is 369. The van der Waals surface area contributed by atoms with Gasteiger partial charge in [-0.05, 0) is 19.1 Å². The maximum atomic E-state index is 13.5. The van der Waals surface area contributed by atoms with Crippen molar-refractivity contribution < 1.29 is 14.2 Å². The molecule has 1 atom stereocenters. The van der Waals surface area contributed by atoms with Crippen LogP contribution in [0.3, 0.4) is 0 Å². The predicted octanol–water partition coefficient (Wildman–Crippen LogP) is 1.76. The molecule has 0 radical (unpaired) electrons. The van der Waals surface area contributed by atoms with Crippen LogP contribution in [0.5, 0.6) is 5.75 Å². The summed E-state index contributed by atoms with van der Waals surface area (Å²) in [6.45, 7) is 1.50. The first-order valence-electron chi connectivity index (χ1n) is 4.38. The lowest BCUT2D eigenvalue weighted by Gasteiger charge is -2.24. The van der Waals surface area contributed by atoms with Gasteiger partial charge in [0.15, 0.2) is 11.6 Å². The molecule has 0 bridgehead atoms. The number of methoxy groups -OCH3 is 1. The second-order valence-corrected chi connectivity index (χ2v) is 4.36. The second kappa shape index (κ2) is 4.47. The fourth-order valence-electron chi connectivity index (χ4n) is 1.28. The van der Waals surface area contributed by atoms with Crippen LogP contribution in [0.4, 0.5) is 4.39 Å². The van der Waals surface area contributed by atoms with Crippen molar-refractivity contribution in [3.8, 4) is 5.75 Å². The third-order valence-corrected chi connectivity index (χ3v) is 2.65. The molecule has 84 valence electrons. The molecule has 3 N–H and O–H groups in total. The average Bonchev–Trinajstić information content (AvgIpc) is 2.16. The van der Waals surface area contributed by atoms with Crippen LogP contribution in [0, 0.1) is 5.82 Å². The molecule has 0 aliphatic carbocycles. The number of ether oxygens (including phenoxy) is 1. The van der Waals surface area contributed by atoms with Crippen molar-refractivity contribution in [1.29, 1.82) is 0 Å². The van der Waals surface area contributed by atoms with E-state index >= 15 is 0 Å². The van der Waals surface area contributed by atoms with Crippen LogP contribution >= 0.6 is 15.9 Å². The SMILES string of the molecule is COc1c(F)cc(Br)cc1C(C)(O)CN. The van der Waals surface area contributed by atoms with Gasteiger partial charge in [0, 0.05) is 16.6 Å². The van der Waals surface area contributed by atoms with E-state index in [2.05, 4.69) is 15.9 Å². The van der Waals surface area contributed by atoms with Crippen molar-refractivity contribution in [2.24, 2.45) is 5.73 Å². The van der Waals surface area contributed by atoms with Gasteiger partial charge in [-0.3, -0.25) is 0 Å². The molecule has 0 aliphatic rings. The van der Waals surface area contributed by atoms with Gasteiger partial charge in [0.25, 0.3) is 0 Å². The summed E-state index contributed by atoms with van der Waals surface area (Å²) in [5.74, 6) is -0.510. The summed E-state index contributed by atoms with van der Waals surface area (Å²) in [6.07, 6.45) is 0. The van der Waals surface area contributed by atoms with Crippen LogP contribution in [0.1, 0.15) is 12.5 Å². The van der Waals surface area contributed by atoms with E-state index in [4.69, 9.17) is 10.5 Å². The van der Waals surface area contributed by atoms with Gasteiger partial charge in [-0.15, -0.1) is 0 Å². The van der Waals surface area contributed by atoms with Crippen molar-refractivity contribution in [1.82, 2.24) is 0 Å². The number of hydrogen-bond donors (Lipinski definition) is 2. The van der Waals surface area contributed by atoms with Crippen LogP contribution in [0.15, 0.2) is 16.6 Å². The maximum Gasteiger partial charge on any atom is 0.166 e. The molecule has 0 amide bonds. The Hall–Kier alpha value is -0.650. The standard InChI is InChI=1S/C10H13BrFNO2/c1-10(14,5-13)7-3-6(11)4-8(12)9(7)15-2/h3-4,14H,5,13H2,1-2H3. The van der Waals surface area contributed by atoms with E-state index < -0.39 is 11.4 Å². The quantitative estimate of drug-likeness (QED) is 0.885. The normalized spacial score (nSPS) is 14.8.